The number of pyridine rings is 1. The third-order valence-electron chi connectivity index (χ3n) is 7.53. The summed E-state index contributed by atoms with van der Waals surface area (Å²) in [6.07, 6.45) is 8.03. The van der Waals surface area contributed by atoms with Gasteiger partial charge in [0, 0.05) is 37.8 Å². The highest BCUT2D eigenvalue weighted by Crippen LogP contribution is 2.22. The molecule has 3 aromatic rings. The van der Waals surface area contributed by atoms with Crippen molar-refractivity contribution in [2.45, 2.75) is 52.6 Å². The van der Waals surface area contributed by atoms with E-state index >= 15 is 0 Å². The van der Waals surface area contributed by atoms with Crippen LogP contribution in [-0.4, -0.2) is 76.3 Å². The molecule has 5 rings (SSSR count). The Labute approximate surface area is 233 Å². The van der Waals surface area contributed by atoms with Gasteiger partial charge in [0.15, 0.2) is 5.65 Å². The van der Waals surface area contributed by atoms with Crippen LogP contribution in [0, 0.1) is 13.8 Å². The van der Waals surface area contributed by atoms with Crippen LogP contribution in [0.3, 0.4) is 0 Å². The molecule has 0 atom stereocenters. The van der Waals surface area contributed by atoms with Gasteiger partial charge >= 0.3 is 0 Å². The van der Waals surface area contributed by atoms with E-state index in [0.29, 0.717) is 0 Å². The van der Waals surface area contributed by atoms with E-state index in [1.54, 1.807) is 0 Å². The van der Waals surface area contributed by atoms with Crippen LogP contribution in [0.4, 0.5) is 0 Å². The number of ether oxygens (including phenoxy) is 1. The summed E-state index contributed by atoms with van der Waals surface area (Å²) in [6, 6.07) is 11.8. The standard InChI is InChI=1S/C29H39N5O.2ClH/c1-4-27-31-28-22(2)20-23(3)30-29(28)34(27)21-25-9-7-24(8-10-25)6-5-13-32-14-11-26(12-15-32)33-16-18-35-19-17-33;;/h5-10,20,26H,4,11-19,21H2,1-3H3;2*1H/b6-5+;;. The molecule has 8 heteroatoms. The fourth-order valence-electron chi connectivity index (χ4n) is 5.55. The van der Waals surface area contributed by atoms with Gasteiger partial charge in [-0.05, 0) is 62.5 Å². The van der Waals surface area contributed by atoms with E-state index < -0.39 is 0 Å². The zero-order valence-electron chi connectivity index (χ0n) is 22.4. The number of hydrogen-bond acceptors (Lipinski definition) is 5. The molecular weight excluding hydrogens is 505 g/mol. The van der Waals surface area contributed by atoms with Gasteiger partial charge in [0.05, 0.1) is 19.8 Å². The molecule has 2 aliphatic heterocycles. The molecule has 0 unspecified atom stereocenters. The molecule has 0 amide bonds. The third-order valence-corrected chi connectivity index (χ3v) is 7.53. The van der Waals surface area contributed by atoms with Crippen molar-refractivity contribution >= 4 is 42.1 Å². The van der Waals surface area contributed by atoms with Crippen LogP contribution in [0.2, 0.25) is 0 Å². The maximum absolute atomic E-state index is 5.51. The van der Waals surface area contributed by atoms with Crippen molar-refractivity contribution in [3.63, 3.8) is 0 Å². The number of likely N-dealkylation sites (tertiary alicyclic amines) is 1. The van der Waals surface area contributed by atoms with E-state index in [-0.39, 0.29) is 24.8 Å². The summed E-state index contributed by atoms with van der Waals surface area (Å²) in [4.78, 5) is 14.9. The van der Waals surface area contributed by atoms with Crippen LogP contribution in [0.25, 0.3) is 17.2 Å². The second-order valence-electron chi connectivity index (χ2n) is 10.0. The minimum absolute atomic E-state index is 0. The van der Waals surface area contributed by atoms with E-state index in [1.807, 2.05) is 0 Å². The van der Waals surface area contributed by atoms with E-state index in [0.717, 1.165) is 74.5 Å². The number of piperidine rings is 1. The second-order valence-corrected chi connectivity index (χ2v) is 10.0. The Morgan fingerprint density at radius 1 is 0.973 bits per heavy atom. The first-order valence-electron chi connectivity index (χ1n) is 13.2. The molecule has 0 bridgehead atoms. The number of aryl methyl sites for hydroxylation is 3. The number of imidazole rings is 1. The van der Waals surface area contributed by atoms with Gasteiger partial charge in [-0.3, -0.25) is 9.80 Å². The van der Waals surface area contributed by atoms with Crippen molar-refractivity contribution in [3.05, 3.63) is 64.6 Å². The summed E-state index contributed by atoms with van der Waals surface area (Å²) in [7, 11) is 0. The second kappa shape index (κ2) is 13.7. The van der Waals surface area contributed by atoms with Gasteiger partial charge in [0.1, 0.15) is 11.3 Å². The average Bonchev–Trinajstić information content (AvgIpc) is 3.23. The number of rotatable bonds is 7. The van der Waals surface area contributed by atoms with E-state index in [1.165, 1.54) is 42.6 Å². The monoisotopic (exact) mass is 545 g/mol. The molecule has 2 saturated heterocycles. The maximum atomic E-state index is 5.51. The van der Waals surface area contributed by atoms with E-state index in [4.69, 9.17) is 14.7 Å². The van der Waals surface area contributed by atoms with Crippen molar-refractivity contribution in [2.75, 3.05) is 45.9 Å². The summed E-state index contributed by atoms with van der Waals surface area (Å²) in [5.41, 5.74) is 6.81. The van der Waals surface area contributed by atoms with Crippen LogP contribution in [-0.2, 0) is 17.7 Å². The number of hydrogen-bond donors (Lipinski definition) is 0. The van der Waals surface area contributed by atoms with Gasteiger partial charge in [-0.2, -0.15) is 0 Å². The molecule has 0 aliphatic carbocycles. The quantitative estimate of drug-likeness (QED) is 0.402. The summed E-state index contributed by atoms with van der Waals surface area (Å²) < 4.78 is 7.79. The first-order valence-corrected chi connectivity index (χ1v) is 13.2. The highest BCUT2D eigenvalue weighted by Gasteiger charge is 2.25. The minimum Gasteiger partial charge on any atom is -0.379 e. The van der Waals surface area contributed by atoms with Gasteiger partial charge in [-0.25, -0.2) is 9.97 Å². The molecule has 0 N–H and O–H groups in total. The van der Waals surface area contributed by atoms with Gasteiger partial charge < -0.3 is 9.30 Å². The number of morpholine rings is 1. The Hall–Kier alpha value is -1.96. The van der Waals surface area contributed by atoms with Gasteiger partial charge in [0.25, 0.3) is 0 Å². The van der Waals surface area contributed by atoms with Crippen molar-refractivity contribution in [2.24, 2.45) is 0 Å². The number of nitrogens with zero attached hydrogens (tertiary/aromatic N) is 5. The zero-order chi connectivity index (χ0) is 24.2. The lowest BCUT2D eigenvalue weighted by molar-refractivity contribution is 0.00184. The van der Waals surface area contributed by atoms with Crippen molar-refractivity contribution in [1.82, 2.24) is 24.3 Å². The lowest BCUT2D eigenvalue weighted by atomic mass is 10.0. The Bertz CT molecular complexity index is 1160. The molecule has 6 nitrogen and oxygen atoms in total. The summed E-state index contributed by atoms with van der Waals surface area (Å²) in [5.74, 6) is 1.10. The topological polar surface area (TPSA) is 46.4 Å². The number of fused-ring (bicyclic) bond motifs is 1. The Morgan fingerprint density at radius 2 is 1.68 bits per heavy atom. The summed E-state index contributed by atoms with van der Waals surface area (Å²) in [5, 5.41) is 0. The molecule has 202 valence electrons. The number of aromatic nitrogens is 3. The average molecular weight is 547 g/mol. The van der Waals surface area contributed by atoms with Gasteiger partial charge in [-0.1, -0.05) is 43.3 Å². The normalized spacial score (nSPS) is 17.7. The van der Waals surface area contributed by atoms with Gasteiger partial charge in [0.2, 0.25) is 0 Å². The van der Waals surface area contributed by atoms with Crippen LogP contribution >= 0.6 is 24.8 Å². The molecule has 2 aliphatic rings. The van der Waals surface area contributed by atoms with Crippen molar-refractivity contribution in [3.8, 4) is 0 Å². The summed E-state index contributed by atoms with van der Waals surface area (Å²) >= 11 is 0. The molecule has 2 aromatic heterocycles. The Morgan fingerprint density at radius 3 is 2.35 bits per heavy atom. The zero-order valence-corrected chi connectivity index (χ0v) is 24.0. The smallest absolute Gasteiger partial charge is 0.160 e. The first-order chi connectivity index (χ1) is 17.1. The maximum Gasteiger partial charge on any atom is 0.160 e. The lowest BCUT2D eigenvalue weighted by Gasteiger charge is -2.39. The molecule has 1 aromatic carbocycles. The SMILES string of the molecule is CCc1nc2c(C)cc(C)nc2n1Cc1ccc(/C=C/CN2CCC(N3CCOCC3)CC2)cc1.Cl.Cl. The highest BCUT2D eigenvalue weighted by molar-refractivity contribution is 5.85. The van der Waals surface area contributed by atoms with E-state index in [9.17, 15) is 0 Å². The molecule has 37 heavy (non-hydrogen) atoms. The van der Waals surface area contributed by atoms with Crippen molar-refractivity contribution < 1.29 is 4.74 Å². The molecule has 4 heterocycles. The fraction of sp³-hybridized carbons (Fsp3) is 0.517. The van der Waals surface area contributed by atoms with Crippen LogP contribution in [0.5, 0.6) is 0 Å². The molecule has 0 spiro atoms. The molecule has 0 radical (unpaired) electrons. The lowest BCUT2D eigenvalue weighted by Crippen LogP contribution is -2.48. The van der Waals surface area contributed by atoms with E-state index in [2.05, 4.69) is 77.6 Å². The molecule has 0 saturated carbocycles. The Kier molecular flexibility index (Phi) is 11.0. The summed E-state index contributed by atoms with van der Waals surface area (Å²) in [6.45, 7) is 14.6. The van der Waals surface area contributed by atoms with Crippen molar-refractivity contribution in [1.29, 1.82) is 0 Å². The minimum atomic E-state index is 0. The highest BCUT2D eigenvalue weighted by atomic mass is 35.5. The first kappa shape index (κ1) is 29.6. The fourth-order valence-corrected chi connectivity index (χ4v) is 5.55. The predicted molar refractivity (Wildman–Crippen MR) is 157 cm³/mol. The third kappa shape index (κ3) is 7.12. The molecule has 2 fully saturated rings. The molecular formula is C29H41Cl2N5O. The number of benzene rings is 1. The largest absolute Gasteiger partial charge is 0.379 e. The number of halogens is 2. The van der Waals surface area contributed by atoms with Crippen LogP contribution in [0.15, 0.2) is 36.4 Å². The van der Waals surface area contributed by atoms with Gasteiger partial charge in [-0.15, -0.1) is 24.8 Å². The predicted octanol–water partition coefficient (Wildman–Crippen LogP) is 5.31. The van der Waals surface area contributed by atoms with Crippen LogP contribution < -0.4 is 0 Å². The Balaban J connectivity index is 0.00000190. The van der Waals surface area contributed by atoms with Crippen LogP contribution in [0.1, 0.15) is 48.0 Å².